The van der Waals surface area contributed by atoms with Crippen molar-refractivity contribution in [1.29, 1.82) is 0 Å². The van der Waals surface area contributed by atoms with Crippen LogP contribution in [-0.4, -0.2) is 58.2 Å². The minimum atomic E-state index is -2.75. The smallest absolute Gasteiger partial charge is 0.273 e. The van der Waals surface area contributed by atoms with E-state index in [2.05, 4.69) is 31.0 Å². The largest absolute Gasteiger partial charge is 0.494 e. The highest BCUT2D eigenvalue weighted by Crippen LogP contribution is 2.39. The van der Waals surface area contributed by atoms with Gasteiger partial charge in [-0.25, -0.2) is 0 Å². The Morgan fingerprint density at radius 1 is 1.21 bits per heavy atom. The summed E-state index contributed by atoms with van der Waals surface area (Å²) < 4.78 is 33.1. The van der Waals surface area contributed by atoms with Gasteiger partial charge < -0.3 is 25.4 Å². The molecule has 1 aliphatic carbocycles. The quantitative estimate of drug-likeness (QED) is 0.427. The highest BCUT2D eigenvalue weighted by molar-refractivity contribution is 6.00. The number of nitrogens with one attached hydrogen (secondary N) is 3. The zero-order valence-electron chi connectivity index (χ0n) is 21.9. The molecule has 0 aliphatic heterocycles. The second-order valence-electron chi connectivity index (χ2n) is 7.71. The van der Waals surface area contributed by atoms with Crippen LogP contribution in [0.2, 0.25) is 0 Å². The predicted octanol–water partition coefficient (Wildman–Crippen LogP) is 1.88. The zero-order chi connectivity index (χ0) is 26.7. The van der Waals surface area contributed by atoms with Crippen molar-refractivity contribution in [3.05, 3.63) is 35.7 Å². The van der Waals surface area contributed by atoms with E-state index in [9.17, 15) is 9.59 Å². The van der Waals surface area contributed by atoms with Gasteiger partial charge in [0.1, 0.15) is 5.69 Å². The summed E-state index contributed by atoms with van der Waals surface area (Å²) in [6.07, 6.45) is 3.16. The van der Waals surface area contributed by atoms with E-state index >= 15 is 0 Å². The number of carbonyl (C=O) groups is 2. The lowest BCUT2D eigenvalue weighted by molar-refractivity contribution is -0.117. The summed E-state index contributed by atoms with van der Waals surface area (Å²) in [5, 5.41) is 24.0. The molecule has 2 heterocycles. The van der Waals surface area contributed by atoms with Crippen molar-refractivity contribution in [3.8, 4) is 17.0 Å². The molecule has 0 spiro atoms. The normalized spacial score (nSPS) is 14.5. The van der Waals surface area contributed by atoms with Crippen molar-refractivity contribution in [3.63, 3.8) is 0 Å². The summed E-state index contributed by atoms with van der Waals surface area (Å²) in [6, 6.07) is 4.99. The van der Waals surface area contributed by atoms with Crippen LogP contribution in [-0.2, 0) is 23.2 Å². The van der Waals surface area contributed by atoms with Gasteiger partial charge in [-0.05, 0) is 30.5 Å². The lowest BCUT2D eigenvalue weighted by Crippen LogP contribution is -2.22. The van der Waals surface area contributed by atoms with Crippen molar-refractivity contribution < 1.29 is 23.2 Å². The first-order chi connectivity index (χ1) is 17.6. The number of methoxy groups -OCH3 is 2. The molecule has 1 aromatic carbocycles. The standard InChI is InChI=1S/C22H26N8O4/c1-23-22(32)19-15(9-18(27-28-19)26-21(31)13-5-6-13)25-16-8-12(11-33-3)7-14(20(16)34-4)17-10-24-30(2)29-17/h7-10,13H,5-6,11H2,1-4H3,(H,23,32)(H2,25,26,27,31)/i1D3. The van der Waals surface area contributed by atoms with Crippen molar-refractivity contribution in [2.45, 2.75) is 19.4 Å². The summed E-state index contributed by atoms with van der Waals surface area (Å²) >= 11 is 0. The zero-order valence-corrected chi connectivity index (χ0v) is 18.9. The van der Waals surface area contributed by atoms with Gasteiger partial charge in [-0.1, -0.05) is 0 Å². The molecule has 2 amide bonds. The maximum absolute atomic E-state index is 12.8. The van der Waals surface area contributed by atoms with Gasteiger partial charge in [0.25, 0.3) is 5.91 Å². The number of rotatable bonds is 9. The molecule has 0 saturated heterocycles. The van der Waals surface area contributed by atoms with Gasteiger partial charge in [-0.3, -0.25) is 9.59 Å². The molecule has 0 atom stereocenters. The minimum absolute atomic E-state index is 0.0860. The van der Waals surface area contributed by atoms with Crippen LogP contribution in [0.15, 0.2) is 24.4 Å². The first kappa shape index (κ1) is 19.4. The first-order valence-corrected chi connectivity index (χ1v) is 10.4. The first-order valence-electron chi connectivity index (χ1n) is 11.9. The highest BCUT2D eigenvalue weighted by Gasteiger charge is 2.30. The third-order valence-electron chi connectivity index (χ3n) is 5.13. The number of carbonyl (C=O) groups excluding carboxylic acids is 2. The summed E-state index contributed by atoms with van der Waals surface area (Å²) in [4.78, 5) is 26.4. The van der Waals surface area contributed by atoms with E-state index in [1.807, 2.05) is 11.4 Å². The lowest BCUT2D eigenvalue weighted by Gasteiger charge is -2.18. The fourth-order valence-corrected chi connectivity index (χ4v) is 3.40. The Kier molecular flexibility index (Phi) is 5.61. The molecule has 1 fully saturated rings. The maximum atomic E-state index is 12.8. The third kappa shape index (κ3) is 4.96. The summed E-state index contributed by atoms with van der Waals surface area (Å²) in [7, 11) is 4.72. The molecule has 0 bridgehead atoms. The van der Waals surface area contributed by atoms with E-state index in [4.69, 9.17) is 13.6 Å². The van der Waals surface area contributed by atoms with Crippen LogP contribution in [0.25, 0.3) is 11.3 Å². The molecule has 12 heteroatoms. The van der Waals surface area contributed by atoms with Gasteiger partial charge in [0.05, 0.1) is 31.3 Å². The Morgan fingerprint density at radius 3 is 2.68 bits per heavy atom. The van der Waals surface area contributed by atoms with Crippen LogP contribution >= 0.6 is 0 Å². The molecule has 0 unspecified atom stereocenters. The Labute approximate surface area is 200 Å². The van der Waals surface area contributed by atoms with E-state index in [1.54, 1.807) is 26.4 Å². The second kappa shape index (κ2) is 9.83. The SMILES string of the molecule is [2H]C([2H])([2H])NC(=O)c1nnc(NC(=O)C2CC2)cc1Nc1cc(COC)cc(-c2cnn(C)n2)c1OC. The Balaban J connectivity index is 1.79. The van der Waals surface area contributed by atoms with Gasteiger partial charge in [-0.15, -0.1) is 10.2 Å². The topological polar surface area (TPSA) is 145 Å². The fourth-order valence-electron chi connectivity index (χ4n) is 3.40. The Bertz CT molecular complexity index is 1320. The molecular formula is C22H26N8O4. The van der Waals surface area contributed by atoms with Crippen LogP contribution in [0.4, 0.5) is 17.2 Å². The number of amides is 2. The van der Waals surface area contributed by atoms with E-state index in [-0.39, 0.29) is 35.6 Å². The van der Waals surface area contributed by atoms with Crippen LogP contribution < -0.4 is 20.7 Å². The van der Waals surface area contributed by atoms with E-state index in [1.165, 1.54) is 18.0 Å². The number of nitrogens with zero attached hydrogens (tertiary/aromatic N) is 5. The number of anilines is 3. The molecule has 34 heavy (non-hydrogen) atoms. The molecule has 12 nitrogen and oxygen atoms in total. The fraction of sp³-hybridized carbons (Fsp3) is 0.364. The van der Waals surface area contributed by atoms with Crippen LogP contribution in [0.3, 0.4) is 0 Å². The molecule has 1 aliphatic rings. The Morgan fingerprint density at radius 2 is 2.03 bits per heavy atom. The molecule has 0 radical (unpaired) electrons. The van der Waals surface area contributed by atoms with E-state index < -0.39 is 12.9 Å². The molecule has 4 rings (SSSR count). The maximum Gasteiger partial charge on any atom is 0.273 e. The molecule has 3 aromatic rings. The number of ether oxygens (including phenoxy) is 2. The molecule has 2 aromatic heterocycles. The molecule has 178 valence electrons. The van der Waals surface area contributed by atoms with Crippen molar-refractivity contribution in [2.24, 2.45) is 13.0 Å². The monoisotopic (exact) mass is 469 g/mol. The third-order valence-corrected chi connectivity index (χ3v) is 5.13. The van der Waals surface area contributed by atoms with Gasteiger partial charge in [-0.2, -0.15) is 15.0 Å². The summed E-state index contributed by atoms with van der Waals surface area (Å²) in [5.41, 5.74) is 2.11. The van der Waals surface area contributed by atoms with E-state index in [0.29, 0.717) is 22.7 Å². The lowest BCUT2D eigenvalue weighted by atomic mass is 10.0. The predicted molar refractivity (Wildman–Crippen MR) is 124 cm³/mol. The van der Waals surface area contributed by atoms with Gasteiger partial charge in [0, 0.05) is 42.8 Å². The van der Waals surface area contributed by atoms with Gasteiger partial charge >= 0.3 is 0 Å². The highest BCUT2D eigenvalue weighted by atomic mass is 16.5. The summed E-state index contributed by atoms with van der Waals surface area (Å²) in [6.45, 7) is -2.49. The van der Waals surface area contributed by atoms with Crippen LogP contribution in [0.1, 0.15) is 33.0 Å². The van der Waals surface area contributed by atoms with Gasteiger partial charge in [0.15, 0.2) is 17.3 Å². The van der Waals surface area contributed by atoms with Crippen LogP contribution in [0, 0.1) is 5.92 Å². The number of benzene rings is 1. The van der Waals surface area contributed by atoms with Gasteiger partial charge in [0.2, 0.25) is 5.91 Å². The molecular weight excluding hydrogens is 440 g/mol. The molecule has 1 saturated carbocycles. The average molecular weight is 470 g/mol. The Hall–Kier alpha value is -4.06. The summed E-state index contributed by atoms with van der Waals surface area (Å²) in [5.74, 6) is -0.785. The number of aromatic nitrogens is 5. The second-order valence-corrected chi connectivity index (χ2v) is 7.71. The number of hydrogen-bond acceptors (Lipinski definition) is 9. The van der Waals surface area contributed by atoms with E-state index in [0.717, 1.165) is 18.4 Å². The van der Waals surface area contributed by atoms with Crippen molar-refractivity contribution >= 4 is 29.0 Å². The van der Waals surface area contributed by atoms with Crippen molar-refractivity contribution in [2.75, 3.05) is 31.8 Å². The van der Waals surface area contributed by atoms with Crippen molar-refractivity contribution in [1.82, 2.24) is 30.5 Å². The number of hydrogen-bond donors (Lipinski definition) is 3. The molecule has 3 N–H and O–H groups in total. The average Bonchev–Trinajstić information content (AvgIpc) is 3.59. The minimum Gasteiger partial charge on any atom is -0.494 e. The van der Waals surface area contributed by atoms with Crippen LogP contribution in [0.5, 0.6) is 5.75 Å². The number of aryl methyl sites for hydroxylation is 1.